The van der Waals surface area contributed by atoms with Gasteiger partial charge in [-0.3, -0.25) is 4.79 Å². The molecule has 1 unspecified atom stereocenters. The number of hydrogen-bond donors (Lipinski definition) is 1. The molecular formula is C17H25NO2. The molecule has 1 aliphatic rings. The van der Waals surface area contributed by atoms with Crippen molar-refractivity contribution < 1.29 is 9.53 Å². The van der Waals surface area contributed by atoms with Crippen LogP contribution in [0, 0.1) is 0 Å². The Kier molecular flexibility index (Phi) is 5.60. The van der Waals surface area contributed by atoms with Gasteiger partial charge < -0.3 is 10.1 Å². The summed E-state index contributed by atoms with van der Waals surface area (Å²) in [5.74, 6) is -0.101. The fraction of sp³-hybridized carbons (Fsp3) is 0.588. The highest BCUT2D eigenvalue weighted by molar-refractivity contribution is 5.70. The Morgan fingerprint density at radius 3 is 2.45 bits per heavy atom. The summed E-state index contributed by atoms with van der Waals surface area (Å²) in [6, 6.07) is 9.48. The molecule has 2 rings (SSSR count). The smallest absolute Gasteiger partial charge is 0.307 e. The molecule has 110 valence electrons. The third-order valence-electron chi connectivity index (χ3n) is 3.68. The van der Waals surface area contributed by atoms with Gasteiger partial charge in [0.15, 0.2) is 0 Å². The van der Waals surface area contributed by atoms with E-state index in [9.17, 15) is 4.79 Å². The van der Waals surface area contributed by atoms with Crippen molar-refractivity contribution in [2.75, 3.05) is 6.61 Å². The van der Waals surface area contributed by atoms with Gasteiger partial charge in [-0.15, -0.1) is 0 Å². The molecule has 3 heteroatoms. The van der Waals surface area contributed by atoms with Crippen LogP contribution in [-0.2, 0) is 22.4 Å². The maximum Gasteiger partial charge on any atom is 0.307 e. The predicted octanol–water partition coefficient (Wildman–Crippen LogP) is 2.87. The van der Waals surface area contributed by atoms with Crippen molar-refractivity contribution >= 4 is 5.97 Å². The summed E-state index contributed by atoms with van der Waals surface area (Å²) in [6.07, 6.45) is 4.87. The molecule has 0 heterocycles. The molecule has 1 aliphatic carbocycles. The first kappa shape index (κ1) is 15.0. The van der Waals surface area contributed by atoms with Gasteiger partial charge in [0.25, 0.3) is 0 Å². The van der Waals surface area contributed by atoms with Crippen LogP contribution in [0.2, 0.25) is 0 Å². The number of nitrogens with one attached hydrogen (secondary N) is 1. The molecule has 0 radical (unpaired) electrons. The van der Waals surface area contributed by atoms with Crippen molar-refractivity contribution in [3.8, 4) is 0 Å². The number of benzene rings is 1. The van der Waals surface area contributed by atoms with Crippen molar-refractivity contribution in [1.29, 1.82) is 0 Å². The second-order valence-corrected chi connectivity index (χ2v) is 5.52. The van der Waals surface area contributed by atoms with Crippen molar-refractivity contribution in [1.82, 2.24) is 5.32 Å². The molecule has 1 aromatic carbocycles. The first-order valence-electron chi connectivity index (χ1n) is 7.70. The number of carbonyl (C=O) groups excluding carboxylic acids is 1. The zero-order chi connectivity index (χ0) is 14.4. The SMILES string of the molecule is CCOC(=O)CC(Cc1ccc(CC)cc1)NC1CC1. The highest BCUT2D eigenvalue weighted by atomic mass is 16.5. The Morgan fingerprint density at radius 2 is 1.90 bits per heavy atom. The third kappa shape index (κ3) is 4.97. The van der Waals surface area contributed by atoms with Crippen LogP contribution in [0.4, 0.5) is 0 Å². The largest absolute Gasteiger partial charge is 0.466 e. The average molecular weight is 275 g/mol. The van der Waals surface area contributed by atoms with Crippen molar-refractivity contribution in [2.45, 2.75) is 58.0 Å². The quantitative estimate of drug-likeness (QED) is 0.741. The molecule has 0 bridgehead atoms. The van der Waals surface area contributed by atoms with Gasteiger partial charge in [0, 0.05) is 12.1 Å². The van der Waals surface area contributed by atoms with Gasteiger partial charge in [-0.1, -0.05) is 31.2 Å². The lowest BCUT2D eigenvalue weighted by Crippen LogP contribution is -2.35. The maximum absolute atomic E-state index is 11.7. The van der Waals surface area contributed by atoms with Crippen LogP contribution in [0.1, 0.15) is 44.2 Å². The molecule has 1 aromatic rings. The summed E-state index contributed by atoms with van der Waals surface area (Å²) < 4.78 is 5.07. The lowest BCUT2D eigenvalue weighted by Gasteiger charge is -2.18. The summed E-state index contributed by atoms with van der Waals surface area (Å²) in [5.41, 5.74) is 2.63. The van der Waals surface area contributed by atoms with Gasteiger partial charge in [-0.05, 0) is 43.7 Å². The lowest BCUT2D eigenvalue weighted by atomic mass is 10.0. The number of carbonyl (C=O) groups is 1. The van der Waals surface area contributed by atoms with E-state index >= 15 is 0 Å². The Labute approximate surface area is 121 Å². The third-order valence-corrected chi connectivity index (χ3v) is 3.68. The molecule has 0 amide bonds. The molecule has 1 fully saturated rings. The minimum Gasteiger partial charge on any atom is -0.466 e. The van der Waals surface area contributed by atoms with Crippen LogP contribution >= 0.6 is 0 Å². The fourth-order valence-corrected chi connectivity index (χ4v) is 2.39. The average Bonchev–Trinajstić information content (AvgIpc) is 3.23. The molecule has 0 aromatic heterocycles. The summed E-state index contributed by atoms with van der Waals surface area (Å²) in [7, 11) is 0. The Morgan fingerprint density at radius 1 is 1.25 bits per heavy atom. The molecule has 1 atom stereocenters. The topological polar surface area (TPSA) is 38.3 Å². The van der Waals surface area contributed by atoms with Crippen LogP contribution in [-0.4, -0.2) is 24.7 Å². The van der Waals surface area contributed by atoms with Crippen molar-refractivity contribution in [3.63, 3.8) is 0 Å². The van der Waals surface area contributed by atoms with E-state index in [0.717, 1.165) is 12.8 Å². The van der Waals surface area contributed by atoms with Crippen molar-refractivity contribution in [2.24, 2.45) is 0 Å². The van der Waals surface area contributed by atoms with E-state index < -0.39 is 0 Å². The minimum absolute atomic E-state index is 0.101. The maximum atomic E-state index is 11.7. The van der Waals surface area contributed by atoms with Crippen LogP contribution < -0.4 is 5.32 Å². The minimum atomic E-state index is -0.101. The van der Waals surface area contributed by atoms with E-state index in [4.69, 9.17) is 4.74 Å². The van der Waals surface area contributed by atoms with E-state index in [0.29, 0.717) is 19.1 Å². The molecule has 0 spiro atoms. The number of aryl methyl sites for hydroxylation is 1. The number of rotatable bonds is 8. The van der Waals surface area contributed by atoms with Gasteiger partial charge in [-0.2, -0.15) is 0 Å². The van der Waals surface area contributed by atoms with Gasteiger partial charge in [0.1, 0.15) is 0 Å². The van der Waals surface area contributed by atoms with E-state index in [1.54, 1.807) is 0 Å². The normalized spacial score (nSPS) is 15.9. The van der Waals surface area contributed by atoms with Gasteiger partial charge in [0.05, 0.1) is 13.0 Å². The van der Waals surface area contributed by atoms with Crippen LogP contribution in [0.5, 0.6) is 0 Å². The van der Waals surface area contributed by atoms with E-state index in [2.05, 4.69) is 36.5 Å². The second-order valence-electron chi connectivity index (χ2n) is 5.52. The van der Waals surface area contributed by atoms with Gasteiger partial charge in [0.2, 0.25) is 0 Å². The van der Waals surface area contributed by atoms with Crippen LogP contribution in [0.3, 0.4) is 0 Å². The molecule has 0 aliphatic heterocycles. The number of hydrogen-bond acceptors (Lipinski definition) is 3. The first-order chi connectivity index (χ1) is 9.71. The molecular weight excluding hydrogens is 250 g/mol. The molecule has 1 N–H and O–H groups in total. The van der Waals surface area contributed by atoms with Crippen LogP contribution in [0.15, 0.2) is 24.3 Å². The standard InChI is InChI=1S/C17H25NO2/c1-3-13-5-7-14(8-6-13)11-16(18-15-9-10-15)12-17(19)20-4-2/h5-8,15-16,18H,3-4,9-12H2,1-2H3. The summed E-state index contributed by atoms with van der Waals surface area (Å²) in [5, 5.41) is 3.56. The van der Waals surface area contributed by atoms with Crippen molar-refractivity contribution in [3.05, 3.63) is 35.4 Å². The number of ether oxygens (including phenoxy) is 1. The Balaban J connectivity index is 1.92. The summed E-state index contributed by atoms with van der Waals surface area (Å²) in [6.45, 7) is 4.47. The predicted molar refractivity (Wildman–Crippen MR) is 80.7 cm³/mol. The Hall–Kier alpha value is -1.35. The highest BCUT2D eigenvalue weighted by Crippen LogP contribution is 2.21. The number of esters is 1. The van der Waals surface area contributed by atoms with Crippen LogP contribution in [0.25, 0.3) is 0 Å². The lowest BCUT2D eigenvalue weighted by molar-refractivity contribution is -0.143. The molecule has 3 nitrogen and oxygen atoms in total. The monoisotopic (exact) mass is 275 g/mol. The van der Waals surface area contributed by atoms with E-state index in [1.165, 1.54) is 24.0 Å². The van der Waals surface area contributed by atoms with E-state index in [-0.39, 0.29) is 12.0 Å². The second kappa shape index (κ2) is 7.44. The molecule has 1 saturated carbocycles. The van der Waals surface area contributed by atoms with E-state index in [1.807, 2.05) is 6.92 Å². The fourth-order valence-electron chi connectivity index (χ4n) is 2.39. The zero-order valence-corrected chi connectivity index (χ0v) is 12.5. The van der Waals surface area contributed by atoms with Gasteiger partial charge in [-0.25, -0.2) is 0 Å². The van der Waals surface area contributed by atoms with Gasteiger partial charge >= 0.3 is 5.97 Å². The highest BCUT2D eigenvalue weighted by Gasteiger charge is 2.26. The zero-order valence-electron chi connectivity index (χ0n) is 12.5. The Bertz CT molecular complexity index is 423. The molecule has 20 heavy (non-hydrogen) atoms. The first-order valence-corrected chi connectivity index (χ1v) is 7.70. The summed E-state index contributed by atoms with van der Waals surface area (Å²) >= 11 is 0. The summed E-state index contributed by atoms with van der Waals surface area (Å²) in [4.78, 5) is 11.7. The molecule has 0 saturated heterocycles.